The number of hydrogen-bond donors (Lipinski definition) is 1. The van der Waals surface area contributed by atoms with Gasteiger partial charge >= 0.3 is 5.69 Å². The molecule has 0 bridgehead atoms. The minimum atomic E-state index is -0.767. The van der Waals surface area contributed by atoms with E-state index in [4.69, 9.17) is 14.2 Å². The summed E-state index contributed by atoms with van der Waals surface area (Å²) in [5.74, 6) is 0.460. The van der Waals surface area contributed by atoms with Gasteiger partial charge in [-0.3, -0.25) is 25.0 Å². The van der Waals surface area contributed by atoms with Crippen molar-refractivity contribution < 1.29 is 28.9 Å². The molecule has 0 fully saturated rings. The fourth-order valence-corrected chi connectivity index (χ4v) is 2.84. The molecule has 0 radical (unpaired) electrons. The van der Waals surface area contributed by atoms with Crippen molar-refractivity contribution in [1.29, 1.82) is 0 Å². The maximum absolute atomic E-state index is 12.3. The number of hydrazone groups is 1. The van der Waals surface area contributed by atoms with Gasteiger partial charge in [0.2, 0.25) is 5.75 Å². The van der Waals surface area contributed by atoms with E-state index in [1.54, 1.807) is 30.3 Å². The van der Waals surface area contributed by atoms with Gasteiger partial charge in [-0.05, 0) is 42.0 Å². The molecule has 3 rings (SSSR count). The van der Waals surface area contributed by atoms with Crippen molar-refractivity contribution in [3.63, 3.8) is 0 Å². The molecule has 0 saturated heterocycles. The molecule has 0 atom stereocenters. The molecule has 12 nitrogen and oxygen atoms in total. The summed E-state index contributed by atoms with van der Waals surface area (Å²) in [5.41, 5.74) is 2.24. The van der Waals surface area contributed by atoms with Gasteiger partial charge in [0, 0.05) is 11.6 Å². The number of methoxy groups -OCH3 is 2. The maximum atomic E-state index is 12.3. The highest BCUT2D eigenvalue weighted by molar-refractivity contribution is 5.95. The maximum Gasteiger partial charge on any atom is 0.318 e. The Labute approximate surface area is 192 Å². The number of nitro groups is 2. The molecular formula is C22H18N4O8. The Balaban J connectivity index is 1.72. The quantitative estimate of drug-likeness (QED) is 0.281. The molecule has 34 heavy (non-hydrogen) atoms. The van der Waals surface area contributed by atoms with Crippen LogP contribution in [0.3, 0.4) is 0 Å². The van der Waals surface area contributed by atoms with E-state index in [-0.39, 0.29) is 11.5 Å². The molecule has 0 aromatic heterocycles. The van der Waals surface area contributed by atoms with Crippen LogP contribution >= 0.6 is 0 Å². The zero-order valence-electron chi connectivity index (χ0n) is 18.0. The molecule has 3 aromatic rings. The van der Waals surface area contributed by atoms with Gasteiger partial charge in [0.25, 0.3) is 11.6 Å². The van der Waals surface area contributed by atoms with E-state index in [0.29, 0.717) is 22.6 Å². The average Bonchev–Trinajstić information content (AvgIpc) is 2.83. The van der Waals surface area contributed by atoms with Gasteiger partial charge in [-0.1, -0.05) is 12.1 Å². The molecule has 1 N–H and O–H groups in total. The van der Waals surface area contributed by atoms with Crippen LogP contribution in [0.25, 0.3) is 0 Å². The van der Waals surface area contributed by atoms with Gasteiger partial charge in [0.15, 0.2) is 11.5 Å². The molecule has 0 aliphatic rings. The van der Waals surface area contributed by atoms with Crippen LogP contribution < -0.4 is 19.6 Å². The van der Waals surface area contributed by atoms with Crippen molar-refractivity contribution in [3.05, 3.63) is 92.0 Å². The monoisotopic (exact) mass is 466 g/mol. The van der Waals surface area contributed by atoms with Crippen LogP contribution in [0.15, 0.2) is 65.8 Å². The largest absolute Gasteiger partial charge is 0.493 e. The van der Waals surface area contributed by atoms with Crippen molar-refractivity contribution in [2.45, 2.75) is 0 Å². The van der Waals surface area contributed by atoms with E-state index in [9.17, 15) is 25.0 Å². The zero-order chi connectivity index (χ0) is 24.7. The van der Waals surface area contributed by atoms with Crippen LogP contribution in [-0.2, 0) is 0 Å². The Kier molecular flexibility index (Phi) is 7.34. The predicted octanol–water partition coefficient (Wildman–Crippen LogP) is 4.08. The number of benzene rings is 3. The lowest BCUT2D eigenvalue weighted by molar-refractivity contribution is -0.394. The van der Waals surface area contributed by atoms with Crippen molar-refractivity contribution >= 4 is 23.5 Å². The predicted molar refractivity (Wildman–Crippen MR) is 121 cm³/mol. The van der Waals surface area contributed by atoms with Gasteiger partial charge in [-0.25, -0.2) is 5.43 Å². The van der Waals surface area contributed by atoms with E-state index >= 15 is 0 Å². The number of hydrogen-bond acceptors (Lipinski definition) is 9. The van der Waals surface area contributed by atoms with Crippen LogP contribution in [0.2, 0.25) is 0 Å². The van der Waals surface area contributed by atoms with E-state index < -0.39 is 27.1 Å². The average molecular weight is 466 g/mol. The molecule has 0 heterocycles. The topological polar surface area (TPSA) is 155 Å². The zero-order valence-corrected chi connectivity index (χ0v) is 18.0. The molecule has 3 aromatic carbocycles. The van der Waals surface area contributed by atoms with Crippen LogP contribution in [0.4, 0.5) is 11.4 Å². The first kappa shape index (κ1) is 23.7. The number of nitrogens with one attached hydrogen (secondary N) is 1. The van der Waals surface area contributed by atoms with Crippen LogP contribution in [0.5, 0.6) is 23.0 Å². The minimum absolute atomic E-state index is 0.161. The number of non-ortho nitro benzene ring substituents is 1. The normalized spacial score (nSPS) is 10.5. The summed E-state index contributed by atoms with van der Waals surface area (Å²) in [6.07, 6.45) is 1.36. The first-order chi connectivity index (χ1) is 16.3. The van der Waals surface area contributed by atoms with Crippen molar-refractivity contribution in [2.24, 2.45) is 5.10 Å². The fraction of sp³-hybridized carbons (Fsp3) is 0.0909. The second-order valence-electron chi connectivity index (χ2n) is 6.61. The standard InChI is InChI=1S/C22H18N4O8/c1-32-20-8-6-15(11-21(20)33-2)22(27)24-23-13-14-4-3-5-17(10-14)34-19-9-7-16(25(28)29)12-18(19)26(30)31/h3-13H,1-2H3,(H,24,27)/b23-13+. The smallest absolute Gasteiger partial charge is 0.318 e. The van der Waals surface area contributed by atoms with Crippen molar-refractivity contribution in [1.82, 2.24) is 5.43 Å². The number of nitrogens with zero attached hydrogens (tertiary/aromatic N) is 3. The van der Waals surface area contributed by atoms with Crippen LogP contribution in [0, 0.1) is 20.2 Å². The minimum Gasteiger partial charge on any atom is -0.493 e. The number of nitro benzene ring substituents is 2. The molecule has 0 aliphatic carbocycles. The summed E-state index contributed by atoms with van der Waals surface area (Å²) in [4.78, 5) is 33.0. The van der Waals surface area contributed by atoms with Crippen LogP contribution in [0.1, 0.15) is 15.9 Å². The molecule has 0 unspecified atom stereocenters. The number of rotatable bonds is 9. The number of amides is 1. The Bertz CT molecular complexity index is 1280. The number of carbonyl (C=O) groups excluding carboxylic acids is 1. The summed E-state index contributed by atoms with van der Waals surface area (Å²) in [5, 5.41) is 26.1. The van der Waals surface area contributed by atoms with Gasteiger partial charge in [-0.15, -0.1) is 0 Å². The lowest BCUT2D eigenvalue weighted by Gasteiger charge is -2.08. The lowest BCUT2D eigenvalue weighted by atomic mass is 10.2. The third-order valence-corrected chi connectivity index (χ3v) is 4.46. The molecule has 1 amide bonds. The highest BCUT2D eigenvalue weighted by atomic mass is 16.6. The second-order valence-corrected chi connectivity index (χ2v) is 6.61. The van der Waals surface area contributed by atoms with Gasteiger partial charge in [0.05, 0.1) is 36.3 Å². The molecule has 0 spiro atoms. The third-order valence-electron chi connectivity index (χ3n) is 4.46. The van der Waals surface area contributed by atoms with Gasteiger partial charge < -0.3 is 14.2 Å². The van der Waals surface area contributed by atoms with Crippen molar-refractivity contribution in [2.75, 3.05) is 14.2 Å². The molecule has 174 valence electrons. The number of carbonyl (C=O) groups is 1. The Morgan fingerprint density at radius 1 is 0.912 bits per heavy atom. The first-order valence-corrected chi connectivity index (χ1v) is 9.58. The Morgan fingerprint density at radius 3 is 2.32 bits per heavy atom. The summed E-state index contributed by atoms with van der Waals surface area (Å²) < 4.78 is 15.9. The highest BCUT2D eigenvalue weighted by Gasteiger charge is 2.21. The highest BCUT2D eigenvalue weighted by Crippen LogP contribution is 2.34. The summed E-state index contributed by atoms with van der Waals surface area (Å²) in [7, 11) is 2.94. The Morgan fingerprint density at radius 2 is 1.65 bits per heavy atom. The SMILES string of the molecule is COc1ccc(C(=O)N/N=C/c2cccc(Oc3ccc([N+](=O)[O-])cc3[N+](=O)[O-])c2)cc1OC. The second kappa shape index (κ2) is 10.5. The van der Waals surface area contributed by atoms with E-state index in [1.165, 1.54) is 32.6 Å². The van der Waals surface area contributed by atoms with Gasteiger partial charge in [0.1, 0.15) is 5.75 Å². The fourth-order valence-electron chi connectivity index (χ4n) is 2.84. The molecule has 0 saturated carbocycles. The van der Waals surface area contributed by atoms with E-state index in [2.05, 4.69) is 10.5 Å². The Hall–Kier alpha value is -5.00. The van der Waals surface area contributed by atoms with E-state index in [0.717, 1.165) is 18.2 Å². The first-order valence-electron chi connectivity index (χ1n) is 9.58. The summed E-state index contributed by atoms with van der Waals surface area (Å²) >= 11 is 0. The van der Waals surface area contributed by atoms with Crippen LogP contribution in [-0.4, -0.2) is 36.2 Å². The lowest BCUT2D eigenvalue weighted by Crippen LogP contribution is -2.17. The summed E-state index contributed by atoms with van der Waals surface area (Å²) in [6.45, 7) is 0. The van der Waals surface area contributed by atoms with Gasteiger partial charge in [-0.2, -0.15) is 5.10 Å². The number of ether oxygens (including phenoxy) is 3. The molecule has 0 aliphatic heterocycles. The molecular weight excluding hydrogens is 448 g/mol. The molecule has 12 heteroatoms. The van der Waals surface area contributed by atoms with Crippen molar-refractivity contribution in [3.8, 4) is 23.0 Å². The van der Waals surface area contributed by atoms with E-state index in [1.807, 2.05) is 0 Å². The summed E-state index contributed by atoms with van der Waals surface area (Å²) in [6, 6.07) is 14.1. The third kappa shape index (κ3) is 5.62.